The second kappa shape index (κ2) is 8.60. The van der Waals surface area contributed by atoms with Gasteiger partial charge < -0.3 is 14.4 Å². The lowest BCUT2D eigenvalue weighted by Gasteiger charge is -2.46. The number of benzene rings is 2. The van der Waals surface area contributed by atoms with E-state index in [-0.39, 0.29) is 23.9 Å². The van der Waals surface area contributed by atoms with Crippen LogP contribution in [0.5, 0.6) is 5.75 Å². The molecule has 0 radical (unpaired) electrons. The molecule has 0 aromatic heterocycles. The van der Waals surface area contributed by atoms with Crippen LogP contribution < -0.4 is 4.74 Å². The summed E-state index contributed by atoms with van der Waals surface area (Å²) < 4.78 is 25.2. The van der Waals surface area contributed by atoms with E-state index in [0.29, 0.717) is 47.0 Å². The summed E-state index contributed by atoms with van der Waals surface area (Å²) >= 11 is 9.57. The van der Waals surface area contributed by atoms with Crippen molar-refractivity contribution in [2.24, 2.45) is 0 Å². The standard InChI is InChI=1S/C21H21BrClFN2O3/c1-28-18-4-2-3-15(20(18)23)21(27)26-8-7-25-11-19(29-12-14(25)10-26)13-5-6-17(24)16(22)9-13/h2-6,9,14,19H,7-8,10-12H2,1H3/t14-,19-/m0/s1. The third-order valence-corrected chi connectivity index (χ3v) is 6.51. The number of fused-ring (bicyclic) bond motifs is 1. The number of carbonyl (C=O) groups excluding carboxylic acids is 1. The Labute approximate surface area is 182 Å². The van der Waals surface area contributed by atoms with E-state index in [9.17, 15) is 9.18 Å². The molecule has 0 spiro atoms. The van der Waals surface area contributed by atoms with E-state index in [1.54, 1.807) is 30.3 Å². The maximum Gasteiger partial charge on any atom is 0.255 e. The molecule has 2 aromatic rings. The van der Waals surface area contributed by atoms with E-state index < -0.39 is 0 Å². The molecular formula is C21H21BrClFN2O3. The van der Waals surface area contributed by atoms with E-state index in [4.69, 9.17) is 21.1 Å². The summed E-state index contributed by atoms with van der Waals surface area (Å²) in [6.07, 6.45) is -0.113. The zero-order valence-electron chi connectivity index (χ0n) is 15.9. The normalized spacial score (nSPS) is 22.3. The molecule has 0 bridgehead atoms. The minimum atomic E-state index is -0.286. The molecule has 29 heavy (non-hydrogen) atoms. The zero-order chi connectivity index (χ0) is 20.5. The number of ether oxygens (including phenoxy) is 2. The molecule has 1 amide bonds. The number of morpholine rings is 1. The molecular weight excluding hydrogens is 463 g/mol. The summed E-state index contributed by atoms with van der Waals surface area (Å²) in [5.41, 5.74) is 1.39. The largest absolute Gasteiger partial charge is 0.495 e. The highest BCUT2D eigenvalue weighted by Gasteiger charge is 2.36. The maximum atomic E-state index is 13.5. The van der Waals surface area contributed by atoms with Crippen molar-refractivity contribution in [3.05, 3.63) is 62.8 Å². The highest BCUT2D eigenvalue weighted by atomic mass is 79.9. The SMILES string of the molecule is COc1cccc(C(=O)N2CCN3C[C@@H](c4ccc(F)c(Br)c4)OC[C@@H]3C2)c1Cl. The lowest BCUT2D eigenvalue weighted by atomic mass is 10.0. The average molecular weight is 484 g/mol. The first-order valence-electron chi connectivity index (χ1n) is 9.40. The van der Waals surface area contributed by atoms with Gasteiger partial charge in [-0.3, -0.25) is 9.69 Å². The van der Waals surface area contributed by atoms with E-state index in [2.05, 4.69) is 20.8 Å². The molecule has 0 aliphatic carbocycles. The molecule has 2 aliphatic heterocycles. The van der Waals surface area contributed by atoms with Gasteiger partial charge in [-0.05, 0) is 45.8 Å². The van der Waals surface area contributed by atoms with Crippen LogP contribution in [0.2, 0.25) is 5.02 Å². The fourth-order valence-electron chi connectivity index (χ4n) is 3.89. The van der Waals surface area contributed by atoms with Crippen molar-refractivity contribution < 1.29 is 18.7 Å². The van der Waals surface area contributed by atoms with Crippen molar-refractivity contribution in [1.29, 1.82) is 0 Å². The van der Waals surface area contributed by atoms with Gasteiger partial charge in [-0.2, -0.15) is 0 Å². The van der Waals surface area contributed by atoms with Gasteiger partial charge in [0.2, 0.25) is 0 Å². The van der Waals surface area contributed by atoms with E-state index in [0.717, 1.165) is 12.1 Å². The monoisotopic (exact) mass is 482 g/mol. The minimum absolute atomic E-state index is 0.0989. The Balaban J connectivity index is 1.43. The van der Waals surface area contributed by atoms with E-state index >= 15 is 0 Å². The molecule has 4 rings (SSSR count). The molecule has 154 valence electrons. The quantitative estimate of drug-likeness (QED) is 0.658. The highest BCUT2D eigenvalue weighted by Crippen LogP contribution is 2.32. The number of rotatable bonds is 3. The Morgan fingerprint density at radius 1 is 1.28 bits per heavy atom. The molecule has 8 heteroatoms. The Bertz CT molecular complexity index is 929. The number of carbonyl (C=O) groups is 1. The van der Waals surface area contributed by atoms with Crippen molar-refractivity contribution in [1.82, 2.24) is 9.80 Å². The fourth-order valence-corrected chi connectivity index (χ4v) is 4.57. The lowest BCUT2D eigenvalue weighted by Crippen LogP contribution is -2.59. The van der Waals surface area contributed by atoms with Crippen molar-refractivity contribution >= 4 is 33.4 Å². The summed E-state index contributed by atoms with van der Waals surface area (Å²) in [6, 6.07) is 10.3. The van der Waals surface area contributed by atoms with Crippen LogP contribution in [-0.4, -0.2) is 61.6 Å². The smallest absolute Gasteiger partial charge is 0.255 e. The van der Waals surface area contributed by atoms with Crippen molar-refractivity contribution in [2.75, 3.05) is 39.9 Å². The molecule has 2 saturated heterocycles. The van der Waals surface area contributed by atoms with Gasteiger partial charge in [0.25, 0.3) is 5.91 Å². The Morgan fingerprint density at radius 2 is 2.10 bits per heavy atom. The average Bonchev–Trinajstić information content (AvgIpc) is 2.74. The molecule has 0 N–H and O–H groups in total. The van der Waals surface area contributed by atoms with Gasteiger partial charge in [0.1, 0.15) is 11.6 Å². The maximum absolute atomic E-state index is 13.5. The first-order valence-corrected chi connectivity index (χ1v) is 10.6. The van der Waals surface area contributed by atoms with Crippen LogP contribution in [0.4, 0.5) is 4.39 Å². The fraction of sp³-hybridized carbons (Fsp3) is 0.381. The number of hydrogen-bond acceptors (Lipinski definition) is 4. The van der Waals surface area contributed by atoms with Crippen LogP contribution in [0.15, 0.2) is 40.9 Å². The molecule has 2 aliphatic rings. The number of amides is 1. The number of methoxy groups -OCH3 is 1. The van der Waals surface area contributed by atoms with Crippen LogP contribution in [0.1, 0.15) is 22.0 Å². The van der Waals surface area contributed by atoms with Crippen LogP contribution in [0, 0.1) is 5.82 Å². The van der Waals surface area contributed by atoms with Crippen molar-refractivity contribution in [3.63, 3.8) is 0 Å². The van der Waals surface area contributed by atoms with Crippen LogP contribution in [0.25, 0.3) is 0 Å². The topological polar surface area (TPSA) is 42.0 Å². The van der Waals surface area contributed by atoms with Crippen LogP contribution >= 0.6 is 27.5 Å². The summed E-state index contributed by atoms with van der Waals surface area (Å²) in [5.74, 6) is 0.106. The van der Waals surface area contributed by atoms with Gasteiger partial charge in [0.05, 0.1) is 40.9 Å². The van der Waals surface area contributed by atoms with E-state index in [1.807, 2.05) is 4.90 Å². The third-order valence-electron chi connectivity index (χ3n) is 5.51. The van der Waals surface area contributed by atoms with Gasteiger partial charge in [-0.15, -0.1) is 0 Å². The number of halogens is 3. The molecule has 5 nitrogen and oxygen atoms in total. The summed E-state index contributed by atoms with van der Waals surface area (Å²) in [6.45, 7) is 3.16. The van der Waals surface area contributed by atoms with Crippen LogP contribution in [-0.2, 0) is 4.74 Å². The van der Waals surface area contributed by atoms with Gasteiger partial charge >= 0.3 is 0 Å². The highest BCUT2D eigenvalue weighted by molar-refractivity contribution is 9.10. The van der Waals surface area contributed by atoms with Gasteiger partial charge in [0, 0.05) is 26.2 Å². The number of piperazine rings is 1. The van der Waals surface area contributed by atoms with Crippen molar-refractivity contribution in [3.8, 4) is 5.75 Å². The molecule has 2 aromatic carbocycles. The molecule has 0 saturated carbocycles. The Kier molecular flexibility index (Phi) is 6.11. The zero-order valence-corrected chi connectivity index (χ0v) is 18.2. The predicted octanol–water partition coefficient (Wildman–Crippen LogP) is 4.15. The summed E-state index contributed by atoms with van der Waals surface area (Å²) in [4.78, 5) is 17.2. The Hall–Kier alpha value is -1.67. The summed E-state index contributed by atoms with van der Waals surface area (Å²) in [7, 11) is 1.53. The first kappa shape index (κ1) is 20.6. The van der Waals surface area contributed by atoms with Gasteiger partial charge in [-0.1, -0.05) is 23.7 Å². The lowest BCUT2D eigenvalue weighted by molar-refractivity contribution is -0.0858. The van der Waals surface area contributed by atoms with Crippen molar-refractivity contribution in [2.45, 2.75) is 12.1 Å². The molecule has 2 atom stereocenters. The van der Waals surface area contributed by atoms with Crippen LogP contribution in [0.3, 0.4) is 0 Å². The molecule has 0 unspecified atom stereocenters. The molecule has 2 heterocycles. The third kappa shape index (κ3) is 4.14. The van der Waals surface area contributed by atoms with E-state index in [1.165, 1.54) is 13.2 Å². The second-order valence-corrected chi connectivity index (χ2v) is 8.45. The second-order valence-electron chi connectivity index (χ2n) is 7.22. The Morgan fingerprint density at radius 3 is 2.86 bits per heavy atom. The van der Waals surface area contributed by atoms with Gasteiger partial charge in [0.15, 0.2) is 0 Å². The predicted molar refractivity (Wildman–Crippen MR) is 112 cm³/mol. The first-order chi connectivity index (χ1) is 14.0. The molecule has 2 fully saturated rings. The minimum Gasteiger partial charge on any atom is -0.495 e. The van der Waals surface area contributed by atoms with Gasteiger partial charge in [-0.25, -0.2) is 4.39 Å². The number of nitrogens with zero attached hydrogens (tertiary/aromatic N) is 2. The number of hydrogen-bond donors (Lipinski definition) is 0. The summed E-state index contributed by atoms with van der Waals surface area (Å²) in [5, 5.41) is 0.337.